The summed E-state index contributed by atoms with van der Waals surface area (Å²) in [7, 11) is -3.43. The summed E-state index contributed by atoms with van der Waals surface area (Å²) < 4.78 is 23.8. The molecule has 0 aromatic heterocycles. The maximum atomic E-state index is 16.2. The summed E-state index contributed by atoms with van der Waals surface area (Å²) in [5.74, 6) is -0.766. The predicted octanol–water partition coefficient (Wildman–Crippen LogP) is 6.44. The molecule has 0 aliphatic carbocycles. The second-order valence-electron chi connectivity index (χ2n) is 14.0. The number of aliphatic hydroxyl groups is 1. The molecule has 4 aliphatic heterocycles. The van der Waals surface area contributed by atoms with Gasteiger partial charge >= 0.3 is 0 Å². The van der Waals surface area contributed by atoms with E-state index in [1.807, 2.05) is 54.3 Å². The minimum absolute atomic E-state index is 0.0269. The summed E-state index contributed by atoms with van der Waals surface area (Å²) in [4.78, 5) is 46.3. The number of hydrogen-bond acceptors (Lipinski definition) is 5. The van der Waals surface area contributed by atoms with E-state index >= 15 is 4.11 Å². The highest BCUT2D eigenvalue weighted by Crippen LogP contribution is 2.60. The molecule has 248 valence electrons. The van der Waals surface area contributed by atoms with E-state index in [1.165, 1.54) is 0 Å². The van der Waals surface area contributed by atoms with Crippen molar-refractivity contribution in [2.75, 3.05) is 29.5 Å². The van der Waals surface area contributed by atoms with Crippen molar-refractivity contribution >= 4 is 53.4 Å². The second kappa shape index (κ2) is 13.1. The standard InChI is InChI=1S/C35H45BrFN3O5Si/c1-23-33(46(2,3)37)30(20-32(43)39-18-8-9-27(39)22-41)45-35(23)28-19-25(36)13-16-29(28)40(34(35)44)21-24-11-14-26(15-12-24)38-17-7-5-4-6-10-31(38)42/h11-16,19,23,27,30,33,41H,4-10,17-18,20-22H2,1-3H3/t23-,27+,30+,33-,35+/m1/s1. The molecule has 1 N–H and O–H groups in total. The van der Waals surface area contributed by atoms with Gasteiger partial charge in [-0.2, -0.15) is 0 Å². The maximum absolute atomic E-state index is 16.2. The van der Waals surface area contributed by atoms with E-state index in [1.54, 1.807) is 22.9 Å². The normalized spacial score (nSPS) is 28.6. The molecule has 11 heteroatoms. The summed E-state index contributed by atoms with van der Waals surface area (Å²) in [5.41, 5.74) is 1.16. The molecule has 0 unspecified atom stereocenters. The van der Waals surface area contributed by atoms with Gasteiger partial charge in [-0.3, -0.25) is 14.4 Å². The van der Waals surface area contributed by atoms with Gasteiger partial charge in [-0.25, -0.2) is 0 Å². The van der Waals surface area contributed by atoms with Gasteiger partial charge in [0.25, 0.3) is 5.91 Å². The molecule has 5 atom stereocenters. The molecule has 3 fully saturated rings. The van der Waals surface area contributed by atoms with Gasteiger partial charge in [0.1, 0.15) is 0 Å². The monoisotopic (exact) mass is 713 g/mol. The molecule has 3 amide bonds. The third kappa shape index (κ3) is 5.97. The summed E-state index contributed by atoms with van der Waals surface area (Å²) in [6.45, 7) is 6.63. The average Bonchev–Trinajstić information content (AvgIpc) is 3.66. The Morgan fingerprint density at radius 1 is 1.07 bits per heavy atom. The molecule has 1 spiro atoms. The van der Waals surface area contributed by atoms with Crippen LogP contribution in [0.15, 0.2) is 46.9 Å². The first-order chi connectivity index (χ1) is 22.0. The third-order valence-corrected chi connectivity index (χ3v) is 13.6. The van der Waals surface area contributed by atoms with Gasteiger partial charge in [0, 0.05) is 46.7 Å². The summed E-state index contributed by atoms with van der Waals surface area (Å²) in [6, 6.07) is 13.3. The lowest BCUT2D eigenvalue weighted by Gasteiger charge is -2.31. The topological polar surface area (TPSA) is 90.4 Å². The molecule has 6 rings (SSSR count). The highest BCUT2D eigenvalue weighted by molar-refractivity contribution is 9.10. The number of likely N-dealkylation sites (tertiary alicyclic amines) is 1. The van der Waals surface area contributed by atoms with Gasteiger partial charge in [-0.15, -0.1) is 0 Å². The minimum atomic E-state index is -3.43. The van der Waals surface area contributed by atoms with Crippen molar-refractivity contribution in [2.24, 2.45) is 5.92 Å². The lowest BCUT2D eigenvalue weighted by molar-refractivity contribution is -0.150. The van der Waals surface area contributed by atoms with Gasteiger partial charge in [0.15, 0.2) is 5.60 Å². The highest BCUT2D eigenvalue weighted by atomic mass is 79.9. The van der Waals surface area contributed by atoms with Crippen LogP contribution in [0.2, 0.25) is 18.6 Å². The SMILES string of the molecule is C[C@@H]1[C@@H]([Si](C)(C)F)[C@H](CC(=O)N2CCC[C@H]2CO)O[C@@]12C(=O)N(Cc1ccc(N3CCCCCCC3=O)cc1)c1ccc(Br)cc12. The molecule has 0 radical (unpaired) electrons. The van der Waals surface area contributed by atoms with Crippen molar-refractivity contribution in [2.45, 2.75) is 101 Å². The van der Waals surface area contributed by atoms with E-state index in [9.17, 15) is 19.5 Å². The van der Waals surface area contributed by atoms with Crippen LogP contribution >= 0.6 is 15.9 Å². The van der Waals surface area contributed by atoms with Crippen molar-refractivity contribution in [1.82, 2.24) is 4.90 Å². The first-order valence-corrected chi connectivity index (χ1v) is 20.5. The Hall–Kier alpha value is -2.60. The van der Waals surface area contributed by atoms with Gasteiger partial charge in [0.05, 0.1) is 37.4 Å². The largest absolute Gasteiger partial charge is 0.394 e. The number of anilines is 2. The Morgan fingerprint density at radius 2 is 1.80 bits per heavy atom. The van der Waals surface area contributed by atoms with E-state index in [0.29, 0.717) is 30.8 Å². The summed E-state index contributed by atoms with van der Waals surface area (Å²) >= 11 is 3.58. The number of nitrogens with zero attached hydrogens (tertiary/aromatic N) is 3. The molecule has 4 aliphatic rings. The smallest absolute Gasteiger partial charge is 0.264 e. The molecule has 3 saturated heterocycles. The van der Waals surface area contributed by atoms with Crippen LogP contribution in [0.5, 0.6) is 0 Å². The molecule has 2 aromatic rings. The summed E-state index contributed by atoms with van der Waals surface area (Å²) in [5, 5.41) is 9.82. The molecule has 8 nitrogen and oxygen atoms in total. The molecule has 0 bridgehead atoms. The molecule has 2 aromatic carbocycles. The Labute approximate surface area is 280 Å². The number of ether oxygens (including phenoxy) is 1. The number of amides is 3. The van der Waals surface area contributed by atoms with E-state index in [-0.39, 0.29) is 43.3 Å². The van der Waals surface area contributed by atoms with Crippen LogP contribution in [0.1, 0.15) is 69.4 Å². The van der Waals surface area contributed by atoms with Gasteiger partial charge in [-0.1, -0.05) is 47.8 Å². The van der Waals surface area contributed by atoms with Crippen LogP contribution in [-0.2, 0) is 31.3 Å². The van der Waals surface area contributed by atoms with Crippen molar-refractivity contribution in [1.29, 1.82) is 0 Å². The van der Waals surface area contributed by atoms with Crippen LogP contribution in [0.3, 0.4) is 0 Å². The van der Waals surface area contributed by atoms with Crippen molar-refractivity contribution in [3.63, 3.8) is 0 Å². The predicted molar refractivity (Wildman–Crippen MR) is 182 cm³/mol. The zero-order chi connectivity index (χ0) is 32.8. The number of rotatable bonds is 7. The third-order valence-electron chi connectivity index (χ3n) is 10.6. The van der Waals surface area contributed by atoms with Gasteiger partial charge < -0.3 is 28.7 Å². The fourth-order valence-electron chi connectivity index (χ4n) is 8.42. The quantitative estimate of drug-likeness (QED) is 0.264. The van der Waals surface area contributed by atoms with Crippen molar-refractivity contribution < 1.29 is 28.3 Å². The number of carbonyl (C=O) groups excluding carboxylic acids is 3. The van der Waals surface area contributed by atoms with Gasteiger partial charge in [-0.05, 0) is 74.7 Å². The first kappa shape index (κ1) is 33.3. The number of benzene rings is 2. The van der Waals surface area contributed by atoms with Gasteiger partial charge in [0.2, 0.25) is 20.2 Å². The molecular weight excluding hydrogens is 669 g/mol. The van der Waals surface area contributed by atoms with Crippen LogP contribution in [0.4, 0.5) is 15.5 Å². The Balaban J connectivity index is 1.30. The lowest BCUT2D eigenvalue weighted by Crippen LogP contribution is -2.45. The van der Waals surface area contributed by atoms with E-state index < -0.39 is 31.6 Å². The first-order valence-electron chi connectivity index (χ1n) is 16.7. The maximum Gasteiger partial charge on any atom is 0.264 e. The highest BCUT2D eigenvalue weighted by Gasteiger charge is 2.67. The molecular formula is C35H45BrFN3O5Si. The van der Waals surface area contributed by atoms with Crippen LogP contribution in [0, 0.1) is 5.92 Å². The van der Waals surface area contributed by atoms with Crippen LogP contribution in [-0.4, -0.2) is 68.0 Å². The number of halogens is 2. The Bertz CT molecular complexity index is 1490. The van der Waals surface area contributed by atoms with Crippen molar-refractivity contribution in [3.05, 3.63) is 58.1 Å². The van der Waals surface area contributed by atoms with E-state index in [4.69, 9.17) is 4.74 Å². The average molecular weight is 715 g/mol. The zero-order valence-electron chi connectivity index (χ0n) is 27.0. The molecule has 4 heterocycles. The number of carbonyl (C=O) groups is 3. The second-order valence-corrected chi connectivity index (χ2v) is 18.7. The van der Waals surface area contributed by atoms with E-state index in [0.717, 1.165) is 54.2 Å². The number of aliphatic hydroxyl groups excluding tert-OH is 1. The Morgan fingerprint density at radius 3 is 2.52 bits per heavy atom. The van der Waals surface area contributed by atoms with Crippen LogP contribution < -0.4 is 9.80 Å². The molecule has 0 saturated carbocycles. The molecule has 46 heavy (non-hydrogen) atoms. The fourth-order valence-corrected chi connectivity index (χ4v) is 11.3. The lowest BCUT2D eigenvalue weighted by atomic mass is 9.82. The summed E-state index contributed by atoms with van der Waals surface area (Å²) in [6.07, 6.45) is 5.44. The van der Waals surface area contributed by atoms with Crippen molar-refractivity contribution in [3.8, 4) is 0 Å². The van der Waals surface area contributed by atoms with Crippen LogP contribution in [0.25, 0.3) is 0 Å². The number of hydrogen-bond donors (Lipinski definition) is 1. The zero-order valence-corrected chi connectivity index (χ0v) is 29.6. The fraction of sp³-hybridized carbons (Fsp3) is 0.571. The Kier molecular flexibility index (Phi) is 9.50. The minimum Gasteiger partial charge on any atom is -0.394 e. The van der Waals surface area contributed by atoms with E-state index in [2.05, 4.69) is 15.9 Å². The number of fused-ring (bicyclic) bond motifs is 2.